The number of halogens is 1. The Morgan fingerprint density at radius 1 is 1.07 bits per heavy atom. The maximum absolute atomic E-state index is 9.53. The van der Waals surface area contributed by atoms with Crippen LogP contribution in [0.5, 0.6) is 11.5 Å². The first-order valence-corrected chi connectivity index (χ1v) is 9.10. The highest BCUT2D eigenvalue weighted by Crippen LogP contribution is 2.37. The zero-order chi connectivity index (χ0) is 18.5. The quantitative estimate of drug-likeness (QED) is 0.459. The Bertz CT molecular complexity index is 983. The van der Waals surface area contributed by atoms with Crippen molar-refractivity contribution in [1.82, 2.24) is 4.98 Å². The van der Waals surface area contributed by atoms with Crippen molar-refractivity contribution in [1.29, 1.82) is 5.26 Å². The minimum Gasteiger partial charge on any atom is -0.490 e. The lowest BCUT2D eigenvalue weighted by molar-refractivity contribution is 0.288. The molecule has 0 bridgehead atoms. The molecule has 5 nitrogen and oxygen atoms in total. The van der Waals surface area contributed by atoms with Crippen molar-refractivity contribution in [2.45, 2.75) is 28.7 Å². The van der Waals surface area contributed by atoms with Crippen LogP contribution in [-0.2, 0) is 0 Å². The van der Waals surface area contributed by atoms with Crippen LogP contribution < -0.4 is 14.8 Å². The summed E-state index contributed by atoms with van der Waals surface area (Å²) in [7, 11) is 0. The first-order chi connectivity index (χ1) is 12.7. The second-order valence-corrected chi connectivity index (χ2v) is 6.39. The molecular formula is C22H26BrN3O2. The van der Waals surface area contributed by atoms with Gasteiger partial charge in [0.15, 0.2) is 11.5 Å². The van der Waals surface area contributed by atoms with Crippen LogP contribution in [0.4, 0.5) is 11.4 Å². The van der Waals surface area contributed by atoms with Gasteiger partial charge in [-0.05, 0) is 38.1 Å². The summed E-state index contributed by atoms with van der Waals surface area (Å²) in [4.78, 5) is 4.41. The summed E-state index contributed by atoms with van der Waals surface area (Å²) >= 11 is 3.47. The second kappa shape index (κ2) is 10.5. The summed E-state index contributed by atoms with van der Waals surface area (Å²) in [5, 5.41) is 13.7. The first-order valence-electron chi connectivity index (χ1n) is 8.31. The number of nitrogens with one attached hydrogen (secondary N) is 1. The van der Waals surface area contributed by atoms with Crippen molar-refractivity contribution in [3.8, 4) is 17.6 Å². The first kappa shape index (κ1) is 23.3. The molecule has 0 saturated heterocycles. The largest absolute Gasteiger partial charge is 0.490 e. The highest BCUT2D eigenvalue weighted by molar-refractivity contribution is 9.10. The van der Waals surface area contributed by atoms with Crippen molar-refractivity contribution in [3.05, 3.63) is 52.6 Å². The van der Waals surface area contributed by atoms with Gasteiger partial charge in [-0.2, -0.15) is 5.26 Å². The Kier molecular flexibility index (Phi) is 8.75. The number of rotatable bonds is 6. The van der Waals surface area contributed by atoms with Gasteiger partial charge in [0.25, 0.3) is 0 Å². The molecule has 0 saturated carbocycles. The van der Waals surface area contributed by atoms with Crippen molar-refractivity contribution in [3.63, 3.8) is 0 Å². The van der Waals surface area contributed by atoms with E-state index in [0.717, 1.165) is 21.1 Å². The topological polar surface area (TPSA) is 67.2 Å². The van der Waals surface area contributed by atoms with Crippen LogP contribution >= 0.6 is 15.9 Å². The molecule has 1 aromatic heterocycles. The summed E-state index contributed by atoms with van der Waals surface area (Å²) in [6.45, 7) is 4.90. The van der Waals surface area contributed by atoms with Crippen LogP contribution in [0.25, 0.3) is 10.9 Å². The standard InChI is InChI=1S/C20H18BrN3O2.2CH4/c1-3-25-18-9-16-17(10-19(18)26-4-2)23-12-13(11-22)20(16)24-15-7-5-6-14(21)8-15;;/h5-10,12H,3-4H2,1-2H3,(H,23,24);2*1H4. The lowest BCUT2D eigenvalue weighted by Crippen LogP contribution is -2.01. The third-order valence-electron chi connectivity index (χ3n) is 3.75. The molecule has 0 atom stereocenters. The fraction of sp³-hybridized carbons (Fsp3) is 0.273. The SMILES string of the molecule is C.C.CCOc1cc2ncc(C#N)c(Nc3cccc(Br)c3)c2cc1OCC. The Morgan fingerprint density at radius 3 is 2.36 bits per heavy atom. The Hall–Kier alpha value is -2.78. The van der Waals surface area contributed by atoms with E-state index < -0.39 is 0 Å². The van der Waals surface area contributed by atoms with E-state index in [4.69, 9.17) is 9.47 Å². The van der Waals surface area contributed by atoms with E-state index in [0.29, 0.717) is 36.0 Å². The van der Waals surface area contributed by atoms with Crippen LogP contribution in [0.3, 0.4) is 0 Å². The van der Waals surface area contributed by atoms with E-state index in [1.165, 1.54) is 0 Å². The number of hydrogen-bond donors (Lipinski definition) is 1. The number of nitriles is 1. The highest BCUT2D eigenvalue weighted by Gasteiger charge is 2.14. The van der Waals surface area contributed by atoms with Gasteiger partial charge in [-0.1, -0.05) is 36.8 Å². The maximum Gasteiger partial charge on any atom is 0.163 e. The number of anilines is 2. The van der Waals surface area contributed by atoms with Crippen LogP contribution in [0, 0.1) is 11.3 Å². The summed E-state index contributed by atoms with van der Waals surface area (Å²) in [5.74, 6) is 1.28. The van der Waals surface area contributed by atoms with Crippen molar-refractivity contribution in [2.75, 3.05) is 18.5 Å². The average Bonchev–Trinajstić information content (AvgIpc) is 2.63. The number of fused-ring (bicyclic) bond motifs is 1. The molecule has 1 N–H and O–H groups in total. The molecule has 28 heavy (non-hydrogen) atoms. The van der Waals surface area contributed by atoms with Gasteiger partial charge in [-0.3, -0.25) is 4.98 Å². The fourth-order valence-corrected chi connectivity index (χ4v) is 3.07. The predicted octanol–water partition coefficient (Wildman–Crippen LogP) is 6.68. The van der Waals surface area contributed by atoms with Gasteiger partial charge in [0.05, 0.1) is 30.0 Å². The fourth-order valence-electron chi connectivity index (χ4n) is 2.67. The summed E-state index contributed by atoms with van der Waals surface area (Å²) < 4.78 is 12.3. The van der Waals surface area contributed by atoms with E-state index in [-0.39, 0.29) is 14.9 Å². The van der Waals surface area contributed by atoms with Crippen LogP contribution in [0.15, 0.2) is 47.1 Å². The number of hydrogen-bond acceptors (Lipinski definition) is 5. The number of nitrogens with zero attached hydrogens (tertiary/aromatic N) is 2. The Balaban J connectivity index is 0.00000196. The van der Waals surface area contributed by atoms with Gasteiger partial charge >= 0.3 is 0 Å². The summed E-state index contributed by atoms with van der Waals surface area (Å²) in [6.07, 6.45) is 1.57. The van der Waals surface area contributed by atoms with E-state index in [1.54, 1.807) is 6.20 Å². The minimum atomic E-state index is 0. The number of benzene rings is 2. The molecule has 3 rings (SSSR count). The smallest absolute Gasteiger partial charge is 0.163 e. The molecule has 0 aliphatic rings. The minimum absolute atomic E-state index is 0. The maximum atomic E-state index is 9.53. The molecule has 6 heteroatoms. The lowest BCUT2D eigenvalue weighted by atomic mass is 10.1. The third kappa shape index (κ3) is 4.93. The normalized spacial score (nSPS) is 9.64. The lowest BCUT2D eigenvalue weighted by Gasteiger charge is -2.15. The molecule has 2 aromatic carbocycles. The van der Waals surface area contributed by atoms with Gasteiger partial charge in [0.2, 0.25) is 0 Å². The molecule has 0 spiro atoms. The molecule has 1 heterocycles. The van der Waals surface area contributed by atoms with Gasteiger partial charge in [-0.25, -0.2) is 0 Å². The van der Waals surface area contributed by atoms with Crippen LogP contribution in [0.1, 0.15) is 34.3 Å². The molecule has 0 aliphatic heterocycles. The Labute approximate surface area is 175 Å². The van der Waals surface area contributed by atoms with E-state index in [1.807, 2.05) is 50.2 Å². The molecule has 0 amide bonds. The van der Waals surface area contributed by atoms with Crippen molar-refractivity contribution < 1.29 is 9.47 Å². The molecule has 0 fully saturated rings. The third-order valence-corrected chi connectivity index (χ3v) is 4.24. The van der Waals surface area contributed by atoms with Crippen molar-refractivity contribution >= 4 is 38.2 Å². The molecule has 148 valence electrons. The van der Waals surface area contributed by atoms with Crippen LogP contribution in [-0.4, -0.2) is 18.2 Å². The molecule has 0 unspecified atom stereocenters. The number of ether oxygens (including phenoxy) is 2. The van der Waals surface area contributed by atoms with Gasteiger partial charge in [-0.15, -0.1) is 0 Å². The average molecular weight is 444 g/mol. The summed E-state index contributed by atoms with van der Waals surface area (Å²) in [6, 6.07) is 13.7. The van der Waals surface area contributed by atoms with Gasteiger partial charge in [0.1, 0.15) is 6.07 Å². The van der Waals surface area contributed by atoms with Gasteiger partial charge in [0, 0.05) is 27.8 Å². The summed E-state index contributed by atoms with van der Waals surface area (Å²) in [5.41, 5.74) is 2.76. The molecule has 0 radical (unpaired) electrons. The predicted molar refractivity (Wildman–Crippen MR) is 120 cm³/mol. The molecule has 0 aliphatic carbocycles. The number of pyridine rings is 1. The Morgan fingerprint density at radius 2 is 1.75 bits per heavy atom. The second-order valence-electron chi connectivity index (χ2n) is 5.48. The molecule has 3 aromatic rings. The zero-order valence-corrected chi connectivity index (χ0v) is 16.1. The monoisotopic (exact) mass is 443 g/mol. The van der Waals surface area contributed by atoms with Gasteiger partial charge < -0.3 is 14.8 Å². The zero-order valence-electron chi connectivity index (χ0n) is 14.5. The number of aromatic nitrogens is 1. The van der Waals surface area contributed by atoms with Crippen molar-refractivity contribution in [2.24, 2.45) is 0 Å². The highest BCUT2D eigenvalue weighted by atomic mass is 79.9. The van der Waals surface area contributed by atoms with E-state index >= 15 is 0 Å². The van der Waals surface area contributed by atoms with E-state index in [9.17, 15) is 5.26 Å². The van der Waals surface area contributed by atoms with Crippen LogP contribution in [0.2, 0.25) is 0 Å². The molecular weight excluding hydrogens is 418 g/mol. The van der Waals surface area contributed by atoms with E-state index in [2.05, 4.69) is 32.3 Å².